The molecule has 0 unspecified atom stereocenters. The van der Waals surface area contributed by atoms with Crippen molar-refractivity contribution in [1.82, 2.24) is 24.7 Å². The molecule has 6 heteroatoms. The van der Waals surface area contributed by atoms with Gasteiger partial charge in [0.25, 0.3) is 0 Å². The van der Waals surface area contributed by atoms with Crippen LogP contribution in [0.4, 0.5) is 0 Å². The zero-order valence-corrected chi connectivity index (χ0v) is 20.7. The molecule has 0 bridgehead atoms. The lowest BCUT2D eigenvalue weighted by molar-refractivity contribution is 0.150. The summed E-state index contributed by atoms with van der Waals surface area (Å²) in [6, 6.07) is 0.703. The average Bonchev–Trinajstić information content (AvgIpc) is 3.24. The quantitative estimate of drug-likeness (QED) is 0.545. The van der Waals surface area contributed by atoms with Crippen LogP contribution in [0.5, 0.6) is 0 Å². The highest BCUT2D eigenvalue weighted by Gasteiger charge is 2.21. The van der Waals surface area contributed by atoms with Crippen LogP contribution in [0.3, 0.4) is 0 Å². The molecule has 182 valence electrons. The number of ether oxygens (including phenoxy) is 1. The molecule has 0 amide bonds. The molecule has 0 saturated carbocycles. The lowest BCUT2D eigenvalue weighted by atomic mass is 9.92. The number of nitrogens with zero attached hydrogens (tertiary/aromatic N) is 4. The predicted octanol–water partition coefficient (Wildman–Crippen LogP) is 3.87. The fraction of sp³-hybridized carbons (Fsp3) is 0.667. The van der Waals surface area contributed by atoms with E-state index < -0.39 is 0 Å². The Morgan fingerprint density at radius 2 is 1.94 bits per heavy atom. The number of nitrogens with one attached hydrogen (secondary N) is 1. The van der Waals surface area contributed by atoms with Gasteiger partial charge in [-0.3, -0.25) is 4.90 Å². The van der Waals surface area contributed by atoms with Gasteiger partial charge in [-0.2, -0.15) is 0 Å². The van der Waals surface area contributed by atoms with Crippen LogP contribution >= 0.6 is 0 Å². The van der Waals surface area contributed by atoms with Crippen molar-refractivity contribution in [2.75, 3.05) is 60.0 Å². The Morgan fingerprint density at radius 3 is 2.70 bits per heavy atom. The molecule has 3 heterocycles. The van der Waals surface area contributed by atoms with E-state index in [9.17, 15) is 0 Å². The van der Waals surface area contributed by atoms with Crippen molar-refractivity contribution < 1.29 is 4.74 Å². The summed E-state index contributed by atoms with van der Waals surface area (Å²) in [4.78, 5) is 14.9. The van der Waals surface area contributed by atoms with E-state index >= 15 is 0 Å². The zero-order chi connectivity index (χ0) is 22.9. The predicted molar refractivity (Wildman–Crippen MR) is 135 cm³/mol. The van der Waals surface area contributed by atoms with Gasteiger partial charge >= 0.3 is 0 Å². The summed E-state index contributed by atoms with van der Waals surface area (Å²) < 4.78 is 6.14. The van der Waals surface area contributed by atoms with Crippen LogP contribution < -0.4 is 0 Å². The van der Waals surface area contributed by atoms with Gasteiger partial charge in [0, 0.05) is 37.4 Å². The van der Waals surface area contributed by atoms with Gasteiger partial charge in [-0.15, -0.1) is 0 Å². The fourth-order valence-electron chi connectivity index (χ4n) is 5.33. The fourth-order valence-corrected chi connectivity index (χ4v) is 5.33. The number of piperidine rings is 2. The normalized spacial score (nSPS) is 21.8. The third-order valence-corrected chi connectivity index (χ3v) is 7.55. The summed E-state index contributed by atoms with van der Waals surface area (Å²) in [6.45, 7) is 7.82. The van der Waals surface area contributed by atoms with Crippen LogP contribution in [0.15, 0.2) is 48.2 Å². The number of aromatic amines is 1. The van der Waals surface area contributed by atoms with E-state index in [1.54, 1.807) is 6.33 Å². The Balaban J connectivity index is 1.11. The minimum absolute atomic E-state index is 0.703. The molecular formula is C27H43N5O. The number of hydrogen-bond donors (Lipinski definition) is 1. The summed E-state index contributed by atoms with van der Waals surface area (Å²) in [7, 11) is 4.50. The summed E-state index contributed by atoms with van der Waals surface area (Å²) in [5, 5.41) is 0. The van der Waals surface area contributed by atoms with Gasteiger partial charge in [-0.1, -0.05) is 18.2 Å². The number of hydrogen-bond acceptors (Lipinski definition) is 5. The van der Waals surface area contributed by atoms with Crippen molar-refractivity contribution >= 4 is 0 Å². The van der Waals surface area contributed by atoms with E-state index in [2.05, 4.69) is 63.1 Å². The molecule has 0 atom stereocenters. The summed E-state index contributed by atoms with van der Waals surface area (Å²) in [5.41, 5.74) is 2.66. The smallest absolute Gasteiger partial charge is 0.0997 e. The second-order valence-electron chi connectivity index (χ2n) is 10.2. The summed E-state index contributed by atoms with van der Waals surface area (Å²) in [6.07, 6.45) is 21.0. The number of rotatable bonds is 10. The molecule has 2 aliphatic heterocycles. The van der Waals surface area contributed by atoms with Gasteiger partial charge in [-0.25, -0.2) is 4.98 Å². The van der Waals surface area contributed by atoms with Crippen LogP contribution in [0.1, 0.15) is 44.2 Å². The number of likely N-dealkylation sites (N-methyl/N-ethyl adjacent to an activating group) is 1. The molecule has 1 aliphatic carbocycles. The third kappa shape index (κ3) is 7.83. The largest absolute Gasteiger partial charge is 0.498 e. The first-order valence-electron chi connectivity index (χ1n) is 12.9. The van der Waals surface area contributed by atoms with Crippen LogP contribution in [-0.2, 0) is 11.2 Å². The second-order valence-corrected chi connectivity index (χ2v) is 10.2. The first kappa shape index (κ1) is 24.2. The second kappa shape index (κ2) is 12.5. The van der Waals surface area contributed by atoms with Gasteiger partial charge in [0.05, 0.1) is 18.7 Å². The average molecular weight is 454 g/mol. The Kier molecular flexibility index (Phi) is 9.21. The van der Waals surface area contributed by atoms with Crippen LogP contribution in [0, 0.1) is 5.92 Å². The molecule has 6 nitrogen and oxygen atoms in total. The van der Waals surface area contributed by atoms with E-state index in [1.807, 2.05) is 6.20 Å². The highest BCUT2D eigenvalue weighted by molar-refractivity contribution is 5.30. The van der Waals surface area contributed by atoms with Crippen molar-refractivity contribution in [3.05, 3.63) is 53.9 Å². The van der Waals surface area contributed by atoms with Crippen LogP contribution in [-0.4, -0.2) is 90.7 Å². The third-order valence-electron chi connectivity index (χ3n) is 7.55. The molecule has 0 spiro atoms. The van der Waals surface area contributed by atoms with E-state index in [-0.39, 0.29) is 0 Å². The van der Waals surface area contributed by atoms with Gasteiger partial charge in [0.2, 0.25) is 0 Å². The van der Waals surface area contributed by atoms with E-state index in [4.69, 9.17) is 4.74 Å². The first-order chi connectivity index (χ1) is 16.2. The molecule has 2 fully saturated rings. The number of H-pyrrole nitrogens is 1. The van der Waals surface area contributed by atoms with Crippen LogP contribution in [0.2, 0.25) is 0 Å². The molecular weight excluding hydrogens is 410 g/mol. The van der Waals surface area contributed by atoms with Gasteiger partial charge < -0.3 is 19.5 Å². The summed E-state index contributed by atoms with van der Waals surface area (Å²) >= 11 is 0. The van der Waals surface area contributed by atoms with E-state index in [1.165, 1.54) is 63.1 Å². The minimum atomic E-state index is 0.703. The zero-order valence-electron chi connectivity index (χ0n) is 20.7. The Labute approximate surface area is 200 Å². The van der Waals surface area contributed by atoms with Crippen molar-refractivity contribution in [1.29, 1.82) is 0 Å². The van der Waals surface area contributed by atoms with Gasteiger partial charge in [0.15, 0.2) is 0 Å². The van der Waals surface area contributed by atoms with Crippen LogP contribution in [0.25, 0.3) is 0 Å². The van der Waals surface area contributed by atoms with Crippen molar-refractivity contribution in [2.45, 2.75) is 51.0 Å². The number of allylic oxidation sites excluding steroid dienone is 3. The molecule has 1 aromatic heterocycles. The Hall–Kier alpha value is -1.89. The maximum Gasteiger partial charge on any atom is 0.0997 e. The standard InChI is InChI=1S/C27H43N5O/c1-30-14-11-26(12-15-30)31(2)21-24-5-3-6-27(8-7-24)33-18-4-13-32-16-9-23(10-17-32)19-25-20-28-22-29-25/h3,5,7-8,20,22-23,26H,4,6,9-19,21H2,1-2H3,(H,28,29). The Bertz CT molecular complexity index is 783. The highest BCUT2D eigenvalue weighted by atomic mass is 16.5. The SMILES string of the molecule is CN1CCC(N(C)CC2=CC=C(OCCCN3CCC(Cc4cnc[nH]4)CC3)CC=C2)CC1. The van der Waals surface area contributed by atoms with Gasteiger partial charge in [0.1, 0.15) is 0 Å². The molecule has 2 saturated heterocycles. The van der Waals surface area contributed by atoms with E-state index in [0.717, 1.165) is 50.6 Å². The number of likely N-dealkylation sites (tertiary alicyclic amines) is 2. The van der Waals surface area contributed by atoms with E-state index in [0.29, 0.717) is 6.04 Å². The molecule has 0 radical (unpaired) electrons. The van der Waals surface area contributed by atoms with Crippen molar-refractivity contribution in [3.63, 3.8) is 0 Å². The molecule has 1 N–H and O–H groups in total. The lowest BCUT2D eigenvalue weighted by Gasteiger charge is -2.35. The number of aromatic nitrogens is 2. The highest BCUT2D eigenvalue weighted by Crippen LogP contribution is 2.21. The van der Waals surface area contributed by atoms with Gasteiger partial charge in [-0.05, 0) is 96.4 Å². The minimum Gasteiger partial charge on any atom is -0.498 e. The van der Waals surface area contributed by atoms with Crippen molar-refractivity contribution in [2.24, 2.45) is 5.92 Å². The number of imidazole rings is 1. The summed E-state index contributed by atoms with van der Waals surface area (Å²) in [5.74, 6) is 1.89. The topological polar surface area (TPSA) is 47.6 Å². The van der Waals surface area contributed by atoms with Crippen molar-refractivity contribution in [3.8, 4) is 0 Å². The first-order valence-corrected chi connectivity index (χ1v) is 12.9. The maximum absolute atomic E-state index is 6.14. The molecule has 1 aromatic rings. The lowest BCUT2D eigenvalue weighted by Crippen LogP contribution is -2.42. The maximum atomic E-state index is 6.14. The molecule has 33 heavy (non-hydrogen) atoms. The monoisotopic (exact) mass is 453 g/mol. The molecule has 4 rings (SSSR count). The molecule has 0 aromatic carbocycles. The molecule has 3 aliphatic rings. The Morgan fingerprint density at radius 1 is 1.12 bits per heavy atom.